The summed E-state index contributed by atoms with van der Waals surface area (Å²) >= 11 is 0. The van der Waals surface area contributed by atoms with Crippen LogP contribution in [0.5, 0.6) is 0 Å². The summed E-state index contributed by atoms with van der Waals surface area (Å²) in [5.41, 5.74) is 0. The first-order valence-electron chi connectivity index (χ1n) is 30.8. The molecule has 404 valence electrons. The molecule has 6 heteroatoms. The summed E-state index contributed by atoms with van der Waals surface area (Å²) in [5.74, 6) is 0.847. The van der Waals surface area contributed by atoms with Gasteiger partial charge in [-0.2, -0.15) is 0 Å². The maximum absolute atomic E-state index is 12.8. The lowest BCUT2D eigenvalue weighted by Gasteiger charge is -2.18. The van der Waals surface area contributed by atoms with Crippen LogP contribution in [-0.4, -0.2) is 37.2 Å². The lowest BCUT2D eigenvalue weighted by atomic mass is 9.99. The molecule has 0 fully saturated rings. The molecule has 0 radical (unpaired) electrons. The number of hydrogen-bond donors (Lipinski definition) is 0. The molecule has 0 aliphatic carbocycles. The van der Waals surface area contributed by atoms with Crippen LogP contribution in [0.3, 0.4) is 0 Å². The van der Waals surface area contributed by atoms with E-state index in [1.54, 1.807) is 0 Å². The summed E-state index contributed by atoms with van der Waals surface area (Å²) in [6.45, 7) is 11.4. The van der Waals surface area contributed by atoms with Crippen LogP contribution < -0.4 is 0 Å². The standard InChI is InChI=1S/C62H120O6/c1-6-8-9-10-11-12-13-14-15-16-20-23-26-29-32-37-42-47-52-60(63)66-55-59(68-62(65)54-49-44-39-34-35-40-45-50-57(3)4)56-67-61(64)53-48-43-38-33-30-27-24-21-18-17-19-22-25-28-31-36-41-46-51-58(5)7-2/h57-59H,6-56H2,1-5H3/t58?,59-/m0/s1. The Bertz CT molecular complexity index is 1040. The molecular weight excluding hydrogens is 841 g/mol. The Morgan fingerprint density at radius 3 is 0.838 bits per heavy atom. The number of ether oxygens (including phenoxy) is 3. The summed E-state index contributed by atoms with van der Waals surface area (Å²) in [6.07, 6.45) is 59.7. The summed E-state index contributed by atoms with van der Waals surface area (Å²) in [6, 6.07) is 0. The molecule has 0 saturated carbocycles. The van der Waals surface area contributed by atoms with Gasteiger partial charge in [-0.25, -0.2) is 0 Å². The molecule has 6 nitrogen and oxygen atoms in total. The predicted molar refractivity (Wildman–Crippen MR) is 293 cm³/mol. The van der Waals surface area contributed by atoms with Gasteiger partial charge in [-0.3, -0.25) is 14.4 Å². The minimum atomic E-state index is -0.763. The fourth-order valence-electron chi connectivity index (χ4n) is 9.55. The molecule has 0 aliphatic rings. The van der Waals surface area contributed by atoms with Crippen LogP contribution in [0.25, 0.3) is 0 Å². The van der Waals surface area contributed by atoms with Crippen molar-refractivity contribution in [1.82, 2.24) is 0 Å². The van der Waals surface area contributed by atoms with Crippen LogP contribution in [0.4, 0.5) is 0 Å². The number of carbonyl (C=O) groups excluding carboxylic acids is 3. The van der Waals surface area contributed by atoms with Crippen molar-refractivity contribution in [3.63, 3.8) is 0 Å². The normalized spacial score (nSPS) is 12.4. The molecule has 0 spiro atoms. The molecule has 0 amide bonds. The Kier molecular flexibility index (Phi) is 53.5. The summed E-state index contributed by atoms with van der Waals surface area (Å²) in [7, 11) is 0. The Hall–Kier alpha value is -1.59. The van der Waals surface area contributed by atoms with Gasteiger partial charge in [0.2, 0.25) is 0 Å². The van der Waals surface area contributed by atoms with Crippen molar-refractivity contribution < 1.29 is 28.6 Å². The monoisotopic (exact) mass is 961 g/mol. The SMILES string of the molecule is CCCCCCCCCCCCCCCCCCCCC(=O)OC[C@@H](COC(=O)CCCCCCCCCCCCCCCCCCCCC(C)CC)OC(=O)CCCCCCCCCC(C)C. The molecule has 0 bridgehead atoms. The fourth-order valence-corrected chi connectivity index (χ4v) is 9.55. The van der Waals surface area contributed by atoms with E-state index in [-0.39, 0.29) is 31.1 Å². The highest BCUT2D eigenvalue weighted by atomic mass is 16.6. The van der Waals surface area contributed by atoms with Crippen LogP contribution in [0.1, 0.15) is 349 Å². The van der Waals surface area contributed by atoms with Crippen LogP contribution in [0.2, 0.25) is 0 Å². The van der Waals surface area contributed by atoms with Crippen molar-refractivity contribution in [2.75, 3.05) is 13.2 Å². The van der Waals surface area contributed by atoms with Gasteiger partial charge >= 0.3 is 17.9 Å². The molecule has 0 heterocycles. The fraction of sp³-hybridized carbons (Fsp3) is 0.952. The first kappa shape index (κ1) is 66.4. The molecule has 0 saturated heterocycles. The van der Waals surface area contributed by atoms with Crippen LogP contribution in [0, 0.1) is 11.8 Å². The minimum Gasteiger partial charge on any atom is -0.462 e. The lowest BCUT2D eigenvalue weighted by molar-refractivity contribution is -0.167. The van der Waals surface area contributed by atoms with E-state index in [1.807, 2.05) is 0 Å². The number of carbonyl (C=O) groups is 3. The third-order valence-electron chi connectivity index (χ3n) is 14.6. The second-order valence-corrected chi connectivity index (χ2v) is 22.1. The topological polar surface area (TPSA) is 78.9 Å². The lowest BCUT2D eigenvalue weighted by Crippen LogP contribution is -2.30. The zero-order valence-electron chi connectivity index (χ0n) is 46.7. The van der Waals surface area contributed by atoms with Gasteiger partial charge in [-0.15, -0.1) is 0 Å². The van der Waals surface area contributed by atoms with Crippen LogP contribution >= 0.6 is 0 Å². The van der Waals surface area contributed by atoms with E-state index in [0.717, 1.165) is 69.6 Å². The highest BCUT2D eigenvalue weighted by molar-refractivity contribution is 5.71. The Morgan fingerprint density at radius 2 is 0.559 bits per heavy atom. The van der Waals surface area contributed by atoms with Gasteiger partial charge in [-0.05, 0) is 31.1 Å². The van der Waals surface area contributed by atoms with Crippen molar-refractivity contribution in [3.05, 3.63) is 0 Å². The third-order valence-corrected chi connectivity index (χ3v) is 14.6. The average Bonchev–Trinajstić information content (AvgIpc) is 3.32. The Balaban J connectivity index is 4.17. The van der Waals surface area contributed by atoms with Gasteiger partial charge in [-0.1, -0.05) is 311 Å². The molecule has 0 aliphatic heterocycles. The highest BCUT2D eigenvalue weighted by Crippen LogP contribution is 2.19. The van der Waals surface area contributed by atoms with Crippen molar-refractivity contribution >= 4 is 17.9 Å². The smallest absolute Gasteiger partial charge is 0.306 e. The van der Waals surface area contributed by atoms with Crippen LogP contribution in [-0.2, 0) is 28.6 Å². The van der Waals surface area contributed by atoms with Crippen molar-refractivity contribution in [2.45, 2.75) is 355 Å². The van der Waals surface area contributed by atoms with E-state index >= 15 is 0 Å². The van der Waals surface area contributed by atoms with Gasteiger partial charge in [0.25, 0.3) is 0 Å². The molecule has 0 aromatic rings. The summed E-state index contributed by atoms with van der Waals surface area (Å²) in [4.78, 5) is 38.1. The van der Waals surface area contributed by atoms with Gasteiger partial charge in [0.15, 0.2) is 6.10 Å². The second-order valence-electron chi connectivity index (χ2n) is 22.1. The molecule has 68 heavy (non-hydrogen) atoms. The molecule has 0 rings (SSSR count). The molecule has 2 atom stereocenters. The zero-order chi connectivity index (χ0) is 49.6. The third kappa shape index (κ3) is 53.8. The molecule has 0 aromatic heterocycles. The molecular formula is C62H120O6. The predicted octanol–water partition coefficient (Wildman–Crippen LogP) is 20.4. The van der Waals surface area contributed by atoms with Gasteiger partial charge < -0.3 is 14.2 Å². The highest BCUT2D eigenvalue weighted by Gasteiger charge is 2.19. The number of unbranched alkanes of at least 4 members (excludes halogenated alkanes) is 40. The first-order chi connectivity index (χ1) is 33.3. The van der Waals surface area contributed by atoms with Crippen molar-refractivity contribution in [2.24, 2.45) is 11.8 Å². The Labute approximate surface area is 425 Å². The van der Waals surface area contributed by atoms with Gasteiger partial charge in [0.1, 0.15) is 13.2 Å². The zero-order valence-corrected chi connectivity index (χ0v) is 46.7. The molecule has 0 aromatic carbocycles. The molecule has 1 unspecified atom stereocenters. The number of rotatable bonds is 56. The second kappa shape index (κ2) is 54.7. The maximum Gasteiger partial charge on any atom is 0.306 e. The summed E-state index contributed by atoms with van der Waals surface area (Å²) in [5, 5.41) is 0. The van der Waals surface area contributed by atoms with E-state index in [9.17, 15) is 14.4 Å². The minimum absolute atomic E-state index is 0.0633. The quantitative estimate of drug-likeness (QED) is 0.0343. The van der Waals surface area contributed by atoms with E-state index in [1.165, 1.54) is 238 Å². The number of esters is 3. The Morgan fingerprint density at radius 1 is 0.309 bits per heavy atom. The summed E-state index contributed by atoms with van der Waals surface area (Å²) < 4.78 is 16.9. The number of hydrogen-bond acceptors (Lipinski definition) is 6. The van der Waals surface area contributed by atoms with E-state index in [4.69, 9.17) is 14.2 Å². The van der Waals surface area contributed by atoms with Gasteiger partial charge in [0, 0.05) is 19.3 Å². The van der Waals surface area contributed by atoms with E-state index in [2.05, 4.69) is 34.6 Å². The van der Waals surface area contributed by atoms with E-state index in [0.29, 0.717) is 19.3 Å². The van der Waals surface area contributed by atoms with Gasteiger partial charge in [0.05, 0.1) is 0 Å². The molecule has 0 N–H and O–H groups in total. The largest absolute Gasteiger partial charge is 0.462 e. The van der Waals surface area contributed by atoms with Crippen LogP contribution in [0.15, 0.2) is 0 Å². The first-order valence-corrected chi connectivity index (χ1v) is 30.8. The van der Waals surface area contributed by atoms with Crippen molar-refractivity contribution in [1.29, 1.82) is 0 Å². The van der Waals surface area contributed by atoms with Crippen molar-refractivity contribution in [3.8, 4) is 0 Å². The van der Waals surface area contributed by atoms with E-state index < -0.39 is 6.10 Å². The average molecular weight is 962 g/mol. The maximum atomic E-state index is 12.8.